The number of para-hydroxylation sites is 1. The number of rotatable bonds is 5. The molecule has 0 aliphatic carbocycles. The smallest absolute Gasteiger partial charge is 0.414 e. The lowest BCUT2D eigenvalue weighted by molar-refractivity contribution is -0.122. The Morgan fingerprint density at radius 1 is 1.04 bits per heavy atom. The molecule has 2 amide bonds. The van der Waals surface area contributed by atoms with Crippen LogP contribution in [0.1, 0.15) is 5.56 Å². The predicted octanol–water partition coefficient (Wildman–Crippen LogP) is 2.42. The number of benzene rings is 2. The van der Waals surface area contributed by atoms with Crippen molar-refractivity contribution in [2.75, 3.05) is 0 Å². The van der Waals surface area contributed by atoms with Gasteiger partial charge < -0.3 is 15.0 Å². The number of imide groups is 1. The second-order valence-electron chi connectivity index (χ2n) is 5.68. The number of alkyl carbamates (subject to hydrolysis) is 1. The quantitative estimate of drug-likeness (QED) is 0.748. The SMILES string of the molecule is NC(Cn1ccc2ccccc21)C(=O)NC(=O)OCc1ccccc1. The molecule has 0 aliphatic rings. The number of amides is 2. The van der Waals surface area contributed by atoms with Gasteiger partial charge in [0.2, 0.25) is 5.91 Å². The molecule has 0 saturated carbocycles. The number of nitrogens with one attached hydrogen (secondary N) is 1. The highest BCUT2D eigenvalue weighted by molar-refractivity contribution is 5.94. The molecule has 6 heteroatoms. The van der Waals surface area contributed by atoms with E-state index in [-0.39, 0.29) is 13.2 Å². The molecule has 1 heterocycles. The molecular weight excluding hydrogens is 318 g/mol. The summed E-state index contributed by atoms with van der Waals surface area (Å²) in [7, 11) is 0. The van der Waals surface area contributed by atoms with Crippen LogP contribution < -0.4 is 11.1 Å². The van der Waals surface area contributed by atoms with E-state index in [0.29, 0.717) is 0 Å². The third-order valence-corrected chi connectivity index (χ3v) is 3.85. The molecule has 1 unspecified atom stereocenters. The lowest BCUT2D eigenvalue weighted by atomic mass is 10.2. The zero-order valence-corrected chi connectivity index (χ0v) is 13.6. The highest BCUT2D eigenvalue weighted by Gasteiger charge is 2.18. The Bertz CT molecular complexity index is 874. The highest BCUT2D eigenvalue weighted by Crippen LogP contribution is 2.15. The van der Waals surface area contributed by atoms with Crippen molar-refractivity contribution < 1.29 is 14.3 Å². The zero-order chi connectivity index (χ0) is 17.6. The summed E-state index contributed by atoms with van der Waals surface area (Å²) in [6.07, 6.45) is 1.06. The van der Waals surface area contributed by atoms with Gasteiger partial charge in [-0.25, -0.2) is 4.79 Å². The Morgan fingerprint density at radius 3 is 2.56 bits per heavy atom. The first kappa shape index (κ1) is 16.7. The molecule has 0 saturated heterocycles. The van der Waals surface area contributed by atoms with Crippen molar-refractivity contribution in [2.45, 2.75) is 19.2 Å². The summed E-state index contributed by atoms with van der Waals surface area (Å²) in [5.74, 6) is -0.573. The molecule has 128 valence electrons. The van der Waals surface area contributed by atoms with Gasteiger partial charge in [-0.05, 0) is 23.1 Å². The van der Waals surface area contributed by atoms with Crippen molar-refractivity contribution >= 4 is 22.9 Å². The van der Waals surface area contributed by atoms with Crippen molar-refractivity contribution in [2.24, 2.45) is 5.73 Å². The molecule has 3 aromatic rings. The maximum atomic E-state index is 12.1. The van der Waals surface area contributed by atoms with E-state index in [1.54, 1.807) is 0 Å². The van der Waals surface area contributed by atoms with E-state index in [2.05, 4.69) is 5.32 Å². The number of hydrogen-bond donors (Lipinski definition) is 2. The number of nitrogens with zero attached hydrogens (tertiary/aromatic N) is 1. The Morgan fingerprint density at radius 2 is 1.76 bits per heavy atom. The topological polar surface area (TPSA) is 86.4 Å². The first-order valence-electron chi connectivity index (χ1n) is 7.94. The maximum Gasteiger partial charge on any atom is 0.414 e. The summed E-state index contributed by atoms with van der Waals surface area (Å²) in [5.41, 5.74) is 7.74. The Kier molecular flexibility index (Phi) is 5.11. The van der Waals surface area contributed by atoms with Crippen LogP contribution in [0.4, 0.5) is 4.79 Å². The minimum Gasteiger partial charge on any atom is -0.444 e. The van der Waals surface area contributed by atoms with Crippen molar-refractivity contribution in [1.29, 1.82) is 0 Å². The molecule has 0 radical (unpaired) electrons. The molecule has 0 spiro atoms. The number of carbonyl (C=O) groups is 2. The summed E-state index contributed by atoms with van der Waals surface area (Å²) < 4.78 is 6.90. The third kappa shape index (κ3) is 4.24. The minimum absolute atomic E-state index is 0.0947. The van der Waals surface area contributed by atoms with E-state index in [1.807, 2.05) is 71.4 Å². The molecule has 0 aliphatic heterocycles. The number of nitrogens with two attached hydrogens (primary N) is 1. The van der Waals surface area contributed by atoms with Crippen molar-refractivity contribution in [1.82, 2.24) is 9.88 Å². The van der Waals surface area contributed by atoms with Gasteiger partial charge in [0.1, 0.15) is 12.6 Å². The van der Waals surface area contributed by atoms with Crippen LogP contribution in [0.5, 0.6) is 0 Å². The Labute approximate surface area is 145 Å². The van der Waals surface area contributed by atoms with E-state index in [1.165, 1.54) is 0 Å². The van der Waals surface area contributed by atoms with Gasteiger partial charge in [-0.15, -0.1) is 0 Å². The standard InChI is InChI=1S/C19H19N3O3/c20-16(12-22-11-10-15-8-4-5-9-17(15)22)18(23)21-19(24)25-13-14-6-2-1-3-7-14/h1-11,16H,12-13,20H2,(H,21,23,24). The van der Waals surface area contributed by atoms with Gasteiger partial charge in [-0.2, -0.15) is 0 Å². The number of hydrogen-bond acceptors (Lipinski definition) is 4. The van der Waals surface area contributed by atoms with Crippen LogP contribution in [0.2, 0.25) is 0 Å². The maximum absolute atomic E-state index is 12.1. The fourth-order valence-electron chi connectivity index (χ4n) is 2.55. The van der Waals surface area contributed by atoms with Crippen LogP contribution in [0.25, 0.3) is 10.9 Å². The van der Waals surface area contributed by atoms with Crippen molar-refractivity contribution in [3.8, 4) is 0 Å². The Hall–Kier alpha value is -3.12. The summed E-state index contributed by atoms with van der Waals surface area (Å²) in [6, 6.07) is 18.1. The van der Waals surface area contributed by atoms with Crippen LogP contribution in [0, 0.1) is 0 Å². The van der Waals surface area contributed by atoms with Gasteiger partial charge in [-0.1, -0.05) is 48.5 Å². The van der Waals surface area contributed by atoms with E-state index >= 15 is 0 Å². The molecule has 6 nitrogen and oxygen atoms in total. The van der Waals surface area contributed by atoms with E-state index in [4.69, 9.17) is 10.5 Å². The van der Waals surface area contributed by atoms with Crippen LogP contribution in [0.3, 0.4) is 0 Å². The van der Waals surface area contributed by atoms with Crippen LogP contribution >= 0.6 is 0 Å². The van der Waals surface area contributed by atoms with Crippen LogP contribution in [0.15, 0.2) is 66.9 Å². The van der Waals surface area contributed by atoms with E-state index < -0.39 is 18.0 Å². The monoisotopic (exact) mass is 337 g/mol. The normalized spacial score (nSPS) is 11.9. The molecular formula is C19H19N3O3. The summed E-state index contributed by atoms with van der Waals surface area (Å²) >= 11 is 0. The summed E-state index contributed by atoms with van der Waals surface area (Å²) in [6.45, 7) is 0.364. The number of fused-ring (bicyclic) bond motifs is 1. The lowest BCUT2D eigenvalue weighted by Gasteiger charge is -2.13. The zero-order valence-electron chi connectivity index (χ0n) is 13.6. The number of aromatic nitrogens is 1. The first-order valence-corrected chi connectivity index (χ1v) is 7.94. The number of carbonyl (C=O) groups excluding carboxylic acids is 2. The molecule has 3 rings (SSSR count). The molecule has 0 bridgehead atoms. The van der Waals surface area contributed by atoms with Crippen molar-refractivity contribution in [3.05, 3.63) is 72.4 Å². The second kappa shape index (κ2) is 7.63. The lowest BCUT2D eigenvalue weighted by Crippen LogP contribution is -2.45. The molecule has 0 fully saturated rings. The summed E-state index contributed by atoms with van der Waals surface area (Å²) in [5, 5.41) is 3.24. The van der Waals surface area contributed by atoms with Gasteiger partial charge in [-0.3, -0.25) is 10.1 Å². The average Bonchev–Trinajstić information content (AvgIpc) is 3.04. The fourth-order valence-corrected chi connectivity index (χ4v) is 2.55. The molecule has 3 N–H and O–H groups in total. The second-order valence-corrected chi connectivity index (χ2v) is 5.68. The average molecular weight is 337 g/mol. The largest absolute Gasteiger partial charge is 0.444 e. The number of ether oxygens (including phenoxy) is 1. The highest BCUT2D eigenvalue weighted by atomic mass is 16.5. The predicted molar refractivity (Wildman–Crippen MR) is 94.7 cm³/mol. The van der Waals surface area contributed by atoms with Gasteiger partial charge in [0, 0.05) is 18.3 Å². The van der Waals surface area contributed by atoms with Crippen molar-refractivity contribution in [3.63, 3.8) is 0 Å². The first-order chi connectivity index (χ1) is 12.1. The molecule has 2 aromatic carbocycles. The summed E-state index contributed by atoms with van der Waals surface area (Å²) in [4.78, 5) is 23.8. The van der Waals surface area contributed by atoms with Gasteiger partial charge in [0.15, 0.2) is 0 Å². The molecule has 1 aromatic heterocycles. The van der Waals surface area contributed by atoms with Gasteiger partial charge in [0.25, 0.3) is 0 Å². The van der Waals surface area contributed by atoms with E-state index in [0.717, 1.165) is 16.5 Å². The molecule has 1 atom stereocenters. The Balaban J connectivity index is 1.53. The third-order valence-electron chi connectivity index (χ3n) is 3.85. The van der Waals surface area contributed by atoms with Gasteiger partial charge in [0.05, 0.1) is 0 Å². The van der Waals surface area contributed by atoms with Crippen LogP contribution in [-0.4, -0.2) is 22.6 Å². The van der Waals surface area contributed by atoms with Crippen LogP contribution in [-0.2, 0) is 22.7 Å². The fraction of sp³-hybridized carbons (Fsp3) is 0.158. The minimum atomic E-state index is -0.861. The van der Waals surface area contributed by atoms with Gasteiger partial charge >= 0.3 is 6.09 Å². The van der Waals surface area contributed by atoms with E-state index in [9.17, 15) is 9.59 Å². The molecule has 25 heavy (non-hydrogen) atoms.